The Morgan fingerprint density at radius 3 is 2.96 bits per heavy atom. The van der Waals surface area contributed by atoms with E-state index in [1.165, 1.54) is 11.3 Å². The average Bonchev–Trinajstić information content (AvgIpc) is 3.10. The Kier molecular flexibility index (Phi) is 3.41. The molecule has 1 amide bonds. The zero-order chi connectivity index (χ0) is 16.0. The topological polar surface area (TPSA) is 68.0 Å². The molecule has 1 aromatic carbocycles. The highest BCUT2D eigenvalue weighted by atomic mass is 32.1. The van der Waals surface area contributed by atoms with Gasteiger partial charge in [0, 0.05) is 10.9 Å². The molecule has 6 heteroatoms. The molecule has 118 valence electrons. The second kappa shape index (κ2) is 5.45. The quantitative estimate of drug-likeness (QED) is 0.797. The number of amides is 1. The summed E-state index contributed by atoms with van der Waals surface area (Å²) in [6.07, 6.45) is 2.66. The standard InChI is InChI=1S/C17H17N3O2S/c1-9-3-6-13-12(7-9)19-14(22-13)8-15-20-16(10(2)23-15)17(21)18-11-4-5-11/h3,6-7,11H,4-5,8H2,1-2H3,(H,18,21). The van der Waals surface area contributed by atoms with Crippen LogP contribution in [-0.2, 0) is 6.42 Å². The molecule has 5 nitrogen and oxygen atoms in total. The second-order valence-electron chi connectivity index (χ2n) is 6.02. The minimum atomic E-state index is -0.0688. The van der Waals surface area contributed by atoms with Gasteiger partial charge in [0.1, 0.15) is 16.2 Å². The van der Waals surface area contributed by atoms with Crippen molar-refractivity contribution in [3.8, 4) is 0 Å². The van der Waals surface area contributed by atoms with Gasteiger partial charge in [-0.05, 0) is 44.4 Å². The summed E-state index contributed by atoms with van der Waals surface area (Å²) in [7, 11) is 0. The van der Waals surface area contributed by atoms with Crippen molar-refractivity contribution < 1.29 is 9.21 Å². The van der Waals surface area contributed by atoms with Crippen molar-refractivity contribution in [2.45, 2.75) is 39.2 Å². The number of aryl methyl sites for hydroxylation is 2. The minimum absolute atomic E-state index is 0.0688. The fourth-order valence-corrected chi connectivity index (χ4v) is 3.43. The first-order chi connectivity index (χ1) is 11.1. The van der Waals surface area contributed by atoms with Crippen molar-refractivity contribution in [1.82, 2.24) is 15.3 Å². The minimum Gasteiger partial charge on any atom is -0.440 e. The van der Waals surface area contributed by atoms with Gasteiger partial charge in [-0.3, -0.25) is 4.79 Å². The number of oxazole rings is 1. The molecule has 1 saturated carbocycles. The second-order valence-corrected chi connectivity index (χ2v) is 7.30. The van der Waals surface area contributed by atoms with Crippen molar-refractivity contribution in [3.63, 3.8) is 0 Å². The molecule has 2 heterocycles. The van der Waals surface area contributed by atoms with Gasteiger partial charge in [-0.1, -0.05) is 6.07 Å². The maximum absolute atomic E-state index is 12.2. The fourth-order valence-electron chi connectivity index (χ4n) is 2.51. The Hall–Kier alpha value is -2.21. The van der Waals surface area contributed by atoms with Gasteiger partial charge in [0.15, 0.2) is 5.58 Å². The van der Waals surface area contributed by atoms with Crippen LogP contribution in [0.25, 0.3) is 11.1 Å². The number of carbonyl (C=O) groups is 1. The van der Waals surface area contributed by atoms with Crippen molar-refractivity contribution in [2.75, 3.05) is 0 Å². The number of carbonyl (C=O) groups excluding carboxylic acids is 1. The summed E-state index contributed by atoms with van der Waals surface area (Å²) in [6, 6.07) is 6.28. The molecular weight excluding hydrogens is 310 g/mol. The SMILES string of the molecule is Cc1ccc2oc(Cc3nc(C(=O)NC4CC4)c(C)s3)nc2c1. The molecular formula is C17H17N3O2S. The Labute approximate surface area is 137 Å². The summed E-state index contributed by atoms with van der Waals surface area (Å²) in [5, 5.41) is 3.84. The molecule has 1 N–H and O–H groups in total. The predicted molar refractivity (Wildman–Crippen MR) is 88.9 cm³/mol. The molecule has 1 aliphatic rings. The molecule has 3 aromatic rings. The van der Waals surface area contributed by atoms with E-state index in [4.69, 9.17) is 4.42 Å². The lowest BCUT2D eigenvalue weighted by Gasteiger charge is -1.99. The summed E-state index contributed by atoms with van der Waals surface area (Å²) < 4.78 is 5.77. The van der Waals surface area contributed by atoms with E-state index in [9.17, 15) is 4.79 Å². The third-order valence-corrected chi connectivity index (χ3v) is 4.83. The number of nitrogens with zero attached hydrogens (tertiary/aromatic N) is 2. The summed E-state index contributed by atoms with van der Waals surface area (Å²) in [5.74, 6) is 0.564. The van der Waals surface area contributed by atoms with Crippen LogP contribution >= 0.6 is 11.3 Å². The molecule has 0 spiro atoms. The Bertz CT molecular complexity index is 893. The molecule has 0 saturated heterocycles. The highest BCUT2D eigenvalue weighted by Crippen LogP contribution is 2.24. The van der Waals surface area contributed by atoms with E-state index in [-0.39, 0.29) is 5.91 Å². The molecule has 23 heavy (non-hydrogen) atoms. The van der Waals surface area contributed by atoms with Gasteiger partial charge < -0.3 is 9.73 Å². The van der Waals surface area contributed by atoms with Crippen LogP contribution in [0.5, 0.6) is 0 Å². The Morgan fingerprint density at radius 2 is 2.17 bits per heavy atom. The van der Waals surface area contributed by atoms with Gasteiger partial charge in [0.25, 0.3) is 5.91 Å². The summed E-state index contributed by atoms with van der Waals surface area (Å²) in [6.45, 7) is 3.96. The molecule has 0 atom stereocenters. The number of aromatic nitrogens is 2. The van der Waals surface area contributed by atoms with Crippen LogP contribution in [0.4, 0.5) is 0 Å². The number of hydrogen-bond acceptors (Lipinski definition) is 5. The van der Waals surface area contributed by atoms with Crippen LogP contribution < -0.4 is 5.32 Å². The van der Waals surface area contributed by atoms with E-state index in [0.717, 1.165) is 39.4 Å². The van der Waals surface area contributed by atoms with Crippen LogP contribution in [0.3, 0.4) is 0 Å². The monoisotopic (exact) mass is 327 g/mol. The van der Waals surface area contributed by atoms with E-state index < -0.39 is 0 Å². The summed E-state index contributed by atoms with van der Waals surface area (Å²) in [4.78, 5) is 22.1. The third kappa shape index (κ3) is 2.99. The van der Waals surface area contributed by atoms with Crippen LogP contribution in [0, 0.1) is 13.8 Å². The molecule has 0 aliphatic heterocycles. The molecule has 1 aliphatic carbocycles. The van der Waals surface area contributed by atoms with Gasteiger partial charge in [-0.25, -0.2) is 9.97 Å². The van der Waals surface area contributed by atoms with Crippen molar-refractivity contribution in [2.24, 2.45) is 0 Å². The van der Waals surface area contributed by atoms with Crippen LogP contribution in [-0.4, -0.2) is 21.9 Å². The molecule has 4 rings (SSSR count). The number of fused-ring (bicyclic) bond motifs is 1. The molecule has 2 aromatic heterocycles. The van der Waals surface area contributed by atoms with Gasteiger partial charge in [-0.15, -0.1) is 11.3 Å². The predicted octanol–water partition coefficient (Wildman–Crippen LogP) is 3.38. The van der Waals surface area contributed by atoms with Gasteiger partial charge in [0.05, 0.1) is 6.42 Å². The Morgan fingerprint density at radius 1 is 1.35 bits per heavy atom. The van der Waals surface area contributed by atoms with E-state index in [1.54, 1.807) is 0 Å². The summed E-state index contributed by atoms with van der Waals surface area (Å²) in [5.41, 5.74) is 3.33. The van der Waals surface area contributed by atoms with Gasteiger partial charge in [0.2, 0.25) is 5.89 Å². The number of benzene rings is 1. The van der Waals surface area contributed by atoms with E-state index in [1.807, 2.05) is 32.0 Å². The molecule has 0 bridgehead atoms. The zero-order valence-electron chi connectivity index (χ0n) is 13.0. The molecule has 0 radical (unpaired) electrons. The number of nitrogens with one attached hydrogen (secondary N) is 1. The number of rotatable bonds is 4. The van der Waals surface area contributed by atoms with Gasteiger partial charge >= 0.3 is 0 Å². The van der Waals surface area contributed by atoms with E-state index >= 15 is 0 Å². The lowest BCUT2D eigenvalue weighted by molar-refractivity contribution is 0.0946. The maximum atomic E-state index is 12.2. The van der Waals surface area contributed by atoms with Gasteiger partial charge in [-0.2, -0.15) is 0 Å². The van der Waals surface area contributed by atoms with Crippen LogP contribution in [0.2, 0.25) is 0 Å². The first-order valence-electron chi connectivity index (χ1n) is 7.72. The normalized spacial score (nSPS) is 14.3. The average molecular weight is 327 g/mol. The number of hydrogen-bond donors (Lipinski definition) is 1. The van der Waals surface area contributed by atoms with Crippen LogP contribution in [0.1, 0.15) is 44.7 Å². The van der Waals surface area contributed by atoms with E-state index in [2.05, 4.69) is 15.3 Å². The first kappa shape index (κ1) is 14.4. The number of thiazole rings is 1. The Balaban J connectivity index is 1.56. The lowest BCUT2D eigenvalue weighted by Crippen LogP contribution is -2.26. The summed E-state index contributed by atoms with van der Waals surface area (Å²) >= 11 is 1.53. The first-order valence-corrected chi connectivity index (χ1v) is 8.53. The third-order valence-electron chi connectivity index (χ3n) is 3.86. The zero-order valence-corrected chi connectivity index (χ0v) is 13.9. The maximum Gasteiger partial charge on any atom is 0.271 e. The van der Waals surface area contributed by atoms with Crippen molar-refractivity contribution in [1.29, 1.82) is 0 Å². The highest BCUT2D eigenvalue weighted by molar-refractivity contribution is 7.11. The largest absolute Gasteiger partial charge is 0.440 e. The highest BCUT2D eigenvalue weighted by Gasteiger charge is 2.26. The molecule has 1 fully saturated rings. The smallest absolute Gasteiger partial charge is 0.271 e. The van der Waals surface area contributed by atoms with Crippen molar-refractivity contribution in [3.05, 3.63) is 45.2 Å². The van der Waals surface area contributed by atoms with Crippen molar-refractivity contribution >= 4 is 28.3 Å². The van der Waals surface area contributed by atoms with Crippen LogP contribution in [0.15, 0.2) is 22.6 Å². The lowest BCUT2D eigenvalue weighted by atomic mass is 10.2. The van der Waals surface area contributed by atoms with E-state index in [0.29, 0.717) is 24.0 Å². The fraction of sp³-hybridized carbons (Fsp3) is 0.353. The molecule has 0 unspecified atom stereocenters.